The van der Waals surface area contributed by atoms with Crippen molar-refractivity contribution in [1.82, 2.24) is 9.29 Å². The van der Waals surface area contributed by atoms with E-state index in [0.717, 1.165) is 32.4 Å². The highest BCUT2D eigenvalue weighted by Crippen LogP contribution is 2.33. The molecule has 0 bridgehead atoms. The van der Waals surface area contributed by atoms with Crippen molar-refractivity contribution in [3.63, 3.8) is 0 Å². The summed E-state index contributed by atoms with van der Waals surface area (Å²) in [5.41, 5.74) is 0.933. The fraction of sp³-hybridized carbons (Fsp3) is 0.565. The maximum absolute atomic E-state index is 13.0. The van der Waals surface area contributed by atoms with Crippen molar-refractivity contribution in [1.29, 1.82) is 5.26 Å². The first kappa shape index (κ1) is 21.8. The number of nitrogens with zero attached hydrogens (tertiary/aromatic N) is 4. The molecule has 31 heavy (non-hydrogen) atoms. The smallest absolute Gasteiger partial charge is 0.243 e. The van der Waals surface area contributed by atoms with E-state index < -0.39 is 10.0 Å². The fourth-order valence-corrected chi connectivity index (χ4v) is 6.43. The number of rotatable bonds is 4. The predicted molar refractivity (Wildman–Crippen MR) is 119 cm³/mol. The molecule has 8 heteroatoms. The van der Waals surface area contributed by atoms with E-state index in [9.17, 15) is 13.7 Å². The molecule has 3 heterocycles. The van der Waals surface area contributed by atoms with Gasteiger partial charge in [-0.1, -0.05) is 20.8 Å². The molecule has 0 aliphatic carbocycles. The van der Waals surface area contributed by atoms with Gasteiger partial charge in [-0.25, -0.2) is 8.42 Å². The largest absolute Gasteiger partial charge is 0.419 e. The van der Waals surface area contributed by atoms with Crippen LogP contribution in [0.5, 0.6) is 0 Å². The van der Waals surface area contributed by atoms with E-state index in [4.69, 9.17) is 4.42 Å². The minimum absolute atomic E-state index is 0.273. The number of benzene rings is 1. The van der Waals surface area contributed by atoms with Crippen LogP contribution in [0.1, 0.15) is 45.7 Å². The fourth-order valence-electron chi connectivity index (χ4n) is 4.83. The van der Waals surface area contributed by atoms with Gasteiger partial charge in [-0.3, -0.25) is 0 Å². The first-order valence-electron chi connectivity index (χ1n) is 11.0. The standard InChI is InChI=1S/C23H30N4O3S/c1-16-5-4-10-27(15-16)31(28,29)20-8-6-19(7-9-20)22-25-21(12-24)23(30-22)26-13-17(2)11-18(3)14-26/h6-9,16-18H,4-5,10-11,13-15H2,1-3H3/t16-,17-,18+/m1/s1. The third-order valence-electron chi connectivity index (χ3n) is 6.23. The normalized spacial score (nSPS) is 25.4. The van der Waals surface area contributed by atoms with E-state index in [1.54, 1.807) is 28.6 Å². The molecular weight excluding hydrogens is 412 g/mol. The number of nitriles is 1. The van der Waals surface area contributed by atoms with Crippen LogP contribution in [0.4, 0.5) is 5.88 Å². The Labute approximate surface area is 184 Å². The molecule has 7 nitrogen and oxygen atoms in total. The highest BCUT2D eigenvalue weighted by Gasteiger charge is 2.30. The summed E-state index contributed by atoms with van der Waals surface area (Å²) in [5, 5.41) is 9.57. The van der Waals surface area contributed by atoms with Gasteiger partial charge >= 0.3 is 0 Å². The molecule has 0 spiro atoms. The topological polar surface area (TPSA) is 90.4 Å². The van der Waals surface area contributed by atoms with Gasteiger partial charge in [0.1, 0.15) is 6.07 Å². The van der Waals surface area contributed by atoms with Gasteiger partial charge < -0.3 is 9.32 Å². The Hall–Kier alpha value is -2.37. The summed E-state index contributed by atoms with van der Waals surface area (Å²) in [7, 11) is -3.51. The Morgan fingerprint density at radius 1 is 1.06 bits per heavy atom. The van der Waals surface area contributed by atoms with Crippen molar-refractivity contribution in [3.05, 3.63) is 30.0 Å². The zero-order valence-electron chi connectivity index (χ0n) is 18.4. The molecule has 166 valence electrons. The summed E-state index contributed by atoms with van der Waals surface area (Å²) < 4.78 is 33.6. The molecule has 0 unspecified atom stereocenters. The molecule has 1 aromatic carbocycles. The summed E-state index contributed by atoms with van der Waals surface area (Å²) in [5.74, 6) is 2.26. The molecule has 2 fully saturated rings. The zero-order valence-corrected chi connectivity index (χ0v) is 19.2. The molecule has 2 aliphatic rings. The van der Waals surface area contributed by atoms with E-state index in [2.05, 4.69) is 36.7 Å². The number of hydrogen-bond acceptors (Lipinski definition) is 6. The van der Waals surface area contributed by atoms with E-state index >= 15 is 0 Å². The number of sulfonamides is 1. The highest BCUT2D eigenvalue weighted by molar-refractivity contribution is 7.89. The minimum atomic E-state index is -3.51. The highest BCUT2D eigenvalue weighted by atomic mass is 32.2. The van der Waals surface area contributed by atoms with Crippen molar-refractivity contribution in [2.24, 2.45) is 17.8 Å². The summed E-state index contributed by atoms with van der Waals surface area (Å²) >= 11 is 0. The number of aromatic nitrogens is 1. The second kappa shape index (κ2) is 8.64. The maximum Gasteiger partial charge on any atom is 0.243 e. The molecule has 0 N–H and O–H groups in total. The maximum atomic E-state index is 13.0. The molecule has 4 rings (SSSR count). The average Bonchev–Trinajstić information content (AvgIpc) is 3.18. The monoisotopic (exact) mass is 442 g/mol. The average molecular weight is 443 g/mol. The van der Waals surface area contributed by atoms with Gasteiger partial charge in [0.25, 0.3) is 0 Å². The van der Waals surface area contributed by atoms with E-state index in [0.29, 0.717) is 48.2 Å². The van der Waals surface area contributed by atoms with Crippen LogP contribution < -0.4 is 4.90 Å². The van der Waals surface area contributed by atoms with Crippen LogP contribution in [-0.4, -0.2) is 43.9 Å². The lowest BCUT2D eigenvalue weighted by Crippen LogP contribution is -2.39. The van der Waals surface area contributed by atoms with E-state index in [1.807, 2.05) is 0 Å². The van der Waals surface area contributed by atoms with Crippen LogP contribution in [0.2, 0.25) is 0 Å². The predicted octanol–water partition coefficient (Wildman–Crippen LogP) is 4.12. The van der Waals surface area contributed by atoms with Crippen LogP contribution in [0, 0.1) is 29.1 Å². The third kappa shape index (κ3) is 4.48. The Morgan fingerprint density at radius 2 is 1.74 bits per heavy atom. The lowest BCUT2D eigenvalue weighted by molar-refractivity contribution is 0.281. The zero-order chi connectivity index (χ0) is 22.2. The number of piperidine rings is 2. The van der Waals surface area contributed by atoms with Crippen molar-refractivity contribution >= 4 is 15.9 Å². The molecule has 0 amide bonds. The van der Waals surface area contributed by atoms with Crippen molar-refractivity contribution in [3.8, 4) is 17.5 Å². The van der Waals surface area contributed by atoms with Crippen LogP contribution in [0.15, 0.2) is 33.6 Å². The summed E-state index contributed by atoms with van der Waals surface area (Å²) in [6.07, 6.45) is 3.11. The van der Waals surface area contributed by atoms with Crippen LogP contribution >= 0.6 is 0 Å². The van der Waals surface area contributed by atoms with Gasteiger partial charge in [-0.05, 0) is 61.3 Å². The van der Waals surface area contributed by atoms with Gasteiger partial charge in [0.05, 0.1) is 4.90 Å². The first-order valence-corrected chi connectivity index (χ1v) is 12.5. The Balaban J connectivity index is 1.58. The molecule has 2 aromatic rings. The van der Waals surface area contributed by atoms with Crippen molar-refractivity contribution in [2.45, 2.75) is 44.9 Å². The van der Waals surface area contributed by atoms with Crippen LogP contribution in [-0.2, 0) is 10.0 Å². The molecule has 1 aromatic heterocycles. The third-order valence-corrected chi connectivity index (χ3v) is 8.11. The first-order chi connectivity index (χ1) is 14.8. The summed E-state index contributed by atoms with van der Waals surface area (Å²) in [6.45, 7) is 9.28. The second-order valence-corrected chi connectivity index (χ2v) is 11.2. The Kier molecular flexibility index (Phi) is 6.09. The summed E-state index contributed by atoms with van der Waals surface area (Å²) in [6, 6.07) is 8.76. The molecular formula is C23H30N4O3S. The number of anilines is 1. The van der Waals surface area contributed by atoms with Gasteiger partial charge in [0.2, 0.25) is 27.5 Å². The Bertz CT molecular complexity index is 1060. The van der Waals surface area contributed by atoms with Crippen molar-refractivity contribution < 1.29 is 12.8 Å². The van der Waals surface area contributed by atoms with Crippen LogP contribution in [0.3, 0.4) is 0 Å². The van der Waals surface area contributed by atoms with Crippen molar-refractivity contribution in [2.75, 3.05) is 31.1 Å². The SMILES string of the molecule is C[C@@H]1C[C@H](C)CN(c2oc(-c3ccc(S(=O)(=O)N4CCC[C@@H](C)C4)cc3)nc2C#N)C1. The van der Waals surface area contributed by atoms with Gasteiger partial charge in [0.15, 0.2) is 0 Å². The van der Waals surface area contributed by atoms with Gasteiger partial charge in [-0.15, -0.1) is 0 Å². The number of oxazole rings is 1. The quantitative estimate of drug-likeness (QED) is 0.708. The minimum Gasteiger partial charge on any atom is -0.419 e. The lowest BCUT2D eigenvalue weighted by Gasteiger charge is -2.34. The molecule has 0 radical (unpaired) electrons. The van der Waals surface area contributed by atoms with E-state index in [1.165, 1.54) is 0 Å². The van der Waals surface area contributed by atoms with Crippen LogP contribution in [0.25, 0.3) is 11.5 Å². The van der Waals surface area contributed by atoms with Gasteiger partial charge in [0, 0.05) is 31.7 Å². The van der Waals surface area contributed by atoms with E-state index in [-0.39, 0.29) is 10.6 Å². The lowest BCUT2D eigenvalue weighted by atomic mass is 9.92. The molecule has 0 saturated carbocycles. The number of hydrogen-bond donors (Lipinski definition) is 0. The summed E-state index contributed by atoms with van der Waals surface area (Å²) in [4.78, 5) is 6.76. The second-order valence-electron chi connectivity index (χ2n) is 9.27. The molecule has 3 atom stereocenters. The van der Waals surface area contributed by atoms with Gasteiger partial charge in [-0.2, -0.15) is 14.6 Å². The Morgan fingerprint density at radius 3 is 2.35 bits per heavy atom. The molecule has 2 aliphatic heterocycles. The molecule has 2 saturated heterocycles.